The molecule has 0 bridgehead atoms. The molecule has 1 fully saturated rings. The van der Waals surface area contributed by atoms with Crippen LogP contribution in [0.25, 0.3) is 0 Å². The summed E-state index contributed by atoms with van der Waals surface area (Å²) in [6.45, 7) is 6.55. The topological polar surface area (TPSA) is 81.5 Å². The van der Waals surface area contributed by atoms with Gasteiger partial charge in [0.25, 0.3) is 0 Å². The molecular formula is C20H27N5O3. The SMILES string of the molecule is CCNC(=O)N1CCC(n2cc([C@H](C)Cc3ccc4c(c3)OCO4)nn2)CC1. The first kappa shape index (κ1) is 18.6. The minimum atomic E-state index is 0.0255. The molecular weight excluding hydrogens is 358 g/mol. The van der Waals surface area contributed by atoms with Gasteiger partial charge in [0.05, 0.1) is 11.7 Å². The summed E-state index contributed by atoms with van der Waals surface area (Å²) < 4.78 is 12.8. The van der Waals surface area contributed by atoms with E-state index in [1.807, 2.05) is 28.6 Å². The molecule has 1 N–H and O–H groups in total. The summed E-state index contributed by atoms with van der Waals surface area (Å²) in [6.07, 6.45) is 4.72. The number of aromatic nitrogens is 3. The quantitative estimate of drug-likeness (QED) is 0.856. The third-order valence-corrected chi connectivity index (χ3v) is 5.47. The van der Waals surface area contributed by atoms with Crippen LogP contribution in [0.4, 0.5) is 4.79 Å². The zero-order chi connectivity index (χ0) is 19.5. The van der Waals surface area contributed by atoms with Crippen LogP contribution >= 0.6 is 0 Å². The van der Waals surface area contributed by atoms with Gasteiger partial charge in [0, 0.05) is 31.7 Å². The van der Waals surface area contributed by atoms with Gasteiger partial charge in [0.1, 0.15) is 0 Å². The maximum absolute atomic E-state index is 11.9. The van der Waals surface area contributed by atoms with Crippen molar-refractivity contribution in [2.45, 2.75) is 45.1 Å². The molecule has 0 saturated carbocycles. The number of rotatable bonds is 5. The highest BCUT2D eigenvalue weighted by Crippen LogP contribution is 2.34. The number of fused-ring (bicyclic) bond motifs is 1. The second kappa shape index (κ2) is 8.08. The standard InChI is InChI=1S/C20H27N5O3/c1-3-21-20(26)24-8-6-16(7-9-24)25-12-17(22-23-25)14(2)10-15-4-5-18-19(11-15)28-13-27-18/h4-5,11-12,14,16H,3,6-10,13H2,1-2H3,(H,21,26)/t14-/m1/s1. The van der Waals surface area contributed by atoms with E-state index in [9.17, 15) is 4.79 Å². The van der Waals surface area contributed by atoms with Crippen molar-refractivity contribution in [1.29, 1.82) is 0 Å². The lowest BCUT2D eigenvalue weighted by Crippen LogP contribution is -2.44. The summed E-state index contributed by atoms with van der Waals surface area (Å²) in [6, 6.07) is 6.40. The predicted molar refractivity (Wildman–Crippen MR) is 104 cm³/mol. The van der Waals surface area contributed by atoms with E-state index in [2.05, 4.69) is 34.8 Å². The molecule has 2 aliphatic heterocycles. The van der Waals surface area contributed by atoms with Gasteiger partial charge >= 0.3 is 6.03 Å². The predicted octanol–water partition coefficient (Wildman–Crippen LogP) is 2.72. The molecule has 3 heterocycles. The lowest BCUT2D eigenvalue weighted by Gasteiger charge is -2.31. The summed E-state index contributed by atoms with van der Waals surface area (Å²) in [4.78, 5) is 13.8. The van der Waals surface area contributed by atoms with E-state index in [0.717, 1.165) is 49.5 Å². The molecule has 1 atom stereocenters. The van der Waals surface area contributed by atoms with Gasteiger partial charge in [0.15, 0.2) is 11.5 Å². The number of hydrogen-bond donors (Lipinski definition) is 1. The van der Waals surface area contributed by atoms with E-state index < -0.39 is 0 Å². The highest BCUT2D eigenvalue weighted by atomic mass is 16.7. The first-order valence-electron chi connectivity index (χ1n) is 9.97. The Morgan fingerprint density at radius 2 is 2.07 bits per heavy atom. The van der Waals surface area contributed by atoms with Crippen molar-refractivity contribution >= 4 is 6.03 Å². The van der Waals surface area contributed by atoms with Crippen molar-refractivity contribution in [3.63, 3.8) is 0 Å². The molecule has 2 amide bonds. The van der Waals surface area contributed by atoms with Crippen LogP contribution in [0.15, 0.2) is 24.4 Å². The van der Waals surface area contributed by atoms with E-state index in [-0.39, 0.29) is 11.9 Å². The fourth-order valence-electron chi connectivity index (χ4n) is 3.82. The summed E-state index contributed by atoms with van der Waals surface area (Å²) in [5, 5.41) is 11.6. The van der Waals surface area contributed by atoms with Crippen LogP contribution in [0.1, 0.15) is 49.9 Å². The van der Waals surface area contributed by atoms with Crippen LogP contribution in [0.2, 0.25) is 0 Å². The summed E-state index contributed by atoms with van der Waals surface area (Å²) in [5.41, 5.74) is 2.19. The van der Waals surface area contributed by atoms with Crippen molar-refractivity contribution < 1.29 is 14.3 Å². The minimum absolute atomic E-state index is 0.0255. The van der Waals surface area contributed by atoms with Gasteiger partial charge < -0.3 is 19.7 Å². The lowest BCUT2D eigenvalue weighted by molar-refractivity contribution is 0.168. The van der Waals surface area contributed by atoms with Crippen LogP contribution < -0.4 is 14.8 Å². The van der Waals surface area contributed by atoms with Crippen LogP contribution in [0.3, 0.4) is 0 Å². The number of amides is 2. The molecule has 8 heteroatoms. The number of hydrogen-bond acceptors (Lipinski definition) is 5. The van der Waals surface area contributed by atoms with E-state index in [1.165, 1.54) is 5.56 Å². The highest BCUT2D eigenvalue weighted by Gasteiger charge is 2.25. The maximum atomic E-state index is 11.9. The van der Waals surface area contributed by atoms with Crippen molar-refractivity contribution in [2.75, 3.05) is 26.4 Å². The van der Waals surface area contributed by atoms with Gasteiger partial charge in [-0.25, -0.2) is 9.48 Å². The first-order valence-corrected chi connectivity index (χ1v) is 9.97. The fourth-order valence-corrected chi connectivity index (χ4v) is 3.82. The summed E-state index contributed by atoms with van der Waals surface area (Å²) in [5.74, 6) is 1.87. The Hall–Kier alpha value is -2.77. The number of urea groups is 1. The van der Waals surface area contributed by atoms with Crippen molar-refractivity contribution in [1.82, 2.24) is 25.2 Å². The van der Waals surface area contributed by atoms with Gasteiger partial charge in [-0.1, -0.05) is 18.2 Å². The molecule has 1 saturated heterocycles. The number of carbonyl (C=O) groups excluding carboxylic acids is 1. The molecule has 0 unspecified atom stereocenters. The molecule has 1 aromatic heterocycles. The third-order valence-electron chi connectivity index (χ3n) is 5.47. The smallest absolute Gasteiger partial charge is 0.317 e. The van der Waals surface area contributed by atoms with E-state index in [4.69, 9.17) is 9.47 Å². The second-order valence-electron chi connectivity index (χ2n) is 7.47. The Morgan fingerprint density at radius 3 is 2.86 bits per heavy atom. The van der Waals surface area contributed by atoms with Gasteiger partial charge in [0.2, 0.25) is 6.79 Å². The summed E-state index contributed by atoms with van der Waals surface area (Å²) in [7, 11) is 0. The van der Waals surface area contributed by atoms with E-state index in [0.29, 0.717) is 19.4 Å². The second-order valence-corrected chi connectivity index (χ2v) is 7.47. The van der Waals surface area contributed by atoms with E-state index in [1.54, 1.807) is 0 Å². The number of likely N-dealkylation sites (tertiary alicyclic amines) is 1. The van der Waals surface area contributed by atoms with Crippen LogP contribution in [-0.2, 0) is 6.42 Å². The van der Waals surface area contributed by atoms with Gasteiger partial charge in [-0.2, -0.15) is 0 Å². The van der Waals surface area contributed by atoms with Crippen molar-refractivity contribution in [2.24, 2.45) is 0 Å². The fraction of sp³-hybridized carbons (Fsp3) is 0.550. The molecule has 0 aliphatic carbocycles. The Bertz CT molecular complexity index is 829. The largest absolute Gasteiger partial charge is 0.454 e. The maximum Gasteiger partial charge on any atom is 0.317 e. The molecule has 2 aromatic rings. The molecule has 2 aliphatic rings. The molecule has 0 radical (unpaired) electrons. The summed E-state index contributed by atoms with van der Waals surface area (Å²) >= 11 is 0. The molecule has 1 aromatic carbocycles. The monoisotopic (exact) mass is 385 g/mol. The molecule has 0 spiro atoms. The zero-order valence-electron chi connectivity index (χ0n) is 16.4. The number of piperidine rings is 1. The Morgan fingerprint density at radius 1 is 1.29 bits per heavy atom. The number of carbonyl (C=O) groups is 1. The third kappa shape index (κ3) is 3.90. The first-order chi connectivity index (χ1) is 13.6. The molecule has 28 heavy (non-hydrogen) atoms. The average Bonchev–Trinajstić information content (AvgIpc) is 3.37. The van der Waals surface area contributed by atoms with Gasteiger partial charge in [-0.15, -0.1) is 5.10 Å². The average molecular weight is 385 g/mol. The molecule has 4 rings (SSSR count). The Labute approximate surface area is 164 Å². The number of nitrogens with one attached hydrogen (secondary N) is 1. The highest BCUT2D eigenvalue weighted by molar-refractivity contribution is 5.74. The van der Waals surface area contributed by atoms with Crippen LogP contribution in [0, 0.1) is 0 Å². The van der Waals surface area contributed by atoms with Crippen LogP contribution in [0.5, 0.6) is 11.5 Å². The molecule has 8 nitrogen and oxygen atoms in total. The number of ether oxygens (including phenoxy) is 2. The normalized spacial score (nSPS) is 17.6. The van der Waals surface area contributed by atoms with E-state index >= 15 is 0 Å². The van der Waals surface area contributed by atoms with Gasteiger partial charge in [-0.05, 0) is 43.9 Å². The Balaban J connectivity index is 1.34. The van der Waals surface area contributed by atoms with Crippen LogP contribution in [-0.4, -0.2) is 52.4 Å². The van der Waals surface area contributed by atoms with Crippen molar-refractivity contribution in [3.05, 3.63) is 35.7 Å². The van der Waals surface area contributed by atoms with Crippen molar-refractivity contribution in [3.8, 4) is 11.5 Å². The minimum Gasteiger partial charge on any atom is -0.454 e. The number of benzene rings is 1. The lowest BCUT2D eigenvalue weighted by atomic mass is 9.98. The zero-order valence-corrected chi connectivity index (χ0v) is 16.4. The molecule has 150 valence electrons. The number of nitrogens with zero attached hydrogens (tertiary/aromatic N) is 4. The van der Waals surface area contributed by atoms with Gasteiger partial charge in [-0.3, -0.25) is 0 Å². The Kier molecular flexibility index (Phi) is 5.36.